The zero-order valence-electron chi connectivity index (χ0n) is 28.0. The Labute approximate surface area is 280 Å². The maximum atomic E-state index is 14.3. The number of likely N-dealkylation sites (N-methyl/N-ethyl adjacent to an activating group) is 1. The van der Waals surface area contributed by atoms with Crippen LogP contribution in [0.25, 0.3) is 0 Å². The normalized spacial score (nSPS) is 20.4. The number of aliphatic hydroxyl groups is 1. The molecule has 4 atom stereocenters. The van der Waals surface area contributed by atoms with Crippen molar-refractivity contribution in [1.82, 2.24) is 9.80 Å². The summed E-state index contributed by atoms with van der Waals surface area (Å²) in [5.74, 6) is -0.442. The van der Waals surface area contributed by atoms with Gasteiger partial charge in [-0.2, -0.15) is 13.2 Å². The van der Waals surface area contributed by atoms with Crippen LogP contribution in [0.3, 0.4) is 0 Å². The van der Waals surface area contributed by atoms with Crippen LogP contribution >= 0.6 is 0 Å². The van der Waals surface area contributed by atoms with Crippen LogP contribution in [0.5, 0.6) is 5.75 Å². The Morgan fingerprint density at radius 2 is 1.77 bits per heavy atom. The second kappa shape index (κ2) is 16.9. The number of carbonyl (C=O) groups is 2. The minimum atomic E-state index is -4.39. The Morgan fingerprint density at radius 1 is 1.06 bits per heavy atom. The molecule has 0 bridgehead atoms. The summed E-state index contributed by atoms with van der Waals surface area (Å²) in [4.78, 5) is 30.9. The summed E-state index contributed by atoms with van der Waals surface area (Å²) in [5.41, 5.74) is 1.24. The first kappa shape index (κ1) is 36.9. The molecule has 1 heterocycles. The number of hydrogen-bond donors (Lipinski definition) is 2. The predicted molar refractivity (Wildman–Crippen MR) is 179 cm³/mol. The molecule has 0 unspecified atom stereocenters. The fourth-order valence-electron chi connectivity index (χ4n) is 5.74. The molecule has 0 aromatic heterocycles. The fraction of sp³-hybridized carbons (Fsp3) is 0.459. The second-order valence-corrected chi connectivity index (χ2v) is 12.7. The van der Waals surface area contributed by atoms with E-state index >= 15 is 0 Å². The number of nitrogens with zero attached hydrogens (tertiary/aromatic N) is 2. The van der Waals surface area contributed by atoms with Crippen molar-refractivity contribution in [2.24, 2.45) is 5.92 Å². The molecule has 3 aromatic rings. The minimum Gasteiger partial charge on any atom is -0.490 e. The molecule has 8 nitrogen and oxygen atoms in total. The highest BCUT2D eigenvalue weighted by Gasteiger charge is 2.32. The molecule has 2 amide bonds. The average Bonchev–Trinajstić information content (AvgIpc) is 3.06. The lowest BCUT2D eigenvalue weighted by atomic mass is 10.0. The number of nitrogens with one attached hydrogen (secondary N) is 1. The van der Waals surface area contributed by atoms with Gasteiger partial charge in [-0.05, 0) is 88.2 Å². The van der Waals surface area contributed by atoms with E-state index in [1.54, 1.807) is 54.3 Å². The third-order valence-corrected chi connectivity index (χ3v) is 8.57. The van der Waals surface area contributed by atoms with E-state index in [-0.39, 0.29) is 48.7 Å². The summed E-state index contributed by atoms with van der Waals surface area (Å²) in [5, 5.41) is 13.1. The van der Waals surface area contributed by atoms with Crippen molar-refractivity contribution in [3.05, 3.63) is 95.1 Å². The van der Waals surface area contributed by atoms with Gasteiger partial charge in [-0.3, -0.25) is 14.5 Å². The summed E-state index contributed by atoms with van der Waals surface area (Å²) in [6, 6.07) is 18.4. The topological polar surface area (TPSA) is 91.3 Å². The number of alkyl halides is 3. The Bertz CT molecular complexity index is 1490. The van der Waals surface area contributed by atoms with Gasteiger partial charge in [-0.1, -0.05) is 37.3 Å². The van der Waals surface area contributed by atoms with Crippen LogP contribution in [0.4, 0.5) is 18.9 Å². The first-order valence-electron chi connectivity index (χ1n) is 16.4. The summed E-state index contributed by atoms with van der Waals surface area (Å²) in [6.45, 7) is 7.09. The summed E-state index contributed by atoms with van der Waals surface area (Å²) in [7, 11) is 1.89. The first-order valence-corrected chi connectivity index (χ1v) is 16.4. The van der Waals surface area contributed by atoms with E-state index in [1.807, 2.05) is 31.9 Å². The number of rotatable bonds is 8. The van der Waals surface area contributed by atoms with E-state index in [4.69, 9.17) is 9.47 Å². The molecule has 11 heteroatoms. The highest BCUT2D eigenvalue weighted by atomic mass is 19.4. The molecule has 4 rings (SSSR count). The number of aliphatic hydroxyl groups excluding tert-OH is 1. The van der Waals surface area contributed by atoms with Crippen LogP contribution < -0.4 is 10.1 Å². The summed E-state index contributed by atoms with van der Waals surface area (Å²) >= 11 is 0. The molecule has 0 spiro atoms. The SMILES string of the molecule is C[C@H]1CCCCO[C@H](CN(C)Cc2ccc(C(F)(F)F)cc2)[C@@H](C)CN([C@@H](C)CO)C(=O)c2cc(NC(=O)c3ccccc3)ccc2O1. The zero-order chi connectivity index (χ0) is 34.8. The second-order valence-electron chi connectivity index (χ2n) is 12.7. The third-order valence-electron chi connectivity index (χ3n) is 8.57. The van der Waals surface area contributed by atoms with E-state index in [0.29, 0.717) is 36.7 Å². The number of carbonyl (C=O) groups excluding carboxylic acids is 2. The molecule has 260 valence electrons. The van der Waals surface area contributed by atoms with Gasteiger partial charge >= 0.3 is 6.18 Å². The van der Waals surface area contributed by atoms with Gasteiger partial charge in [0.25, 0.3) is 11.8 Å². The van der Waals surface area contributed by atoms with Gasteiger partial charge in [0.1, 0.15) is 5.75 Å². The molecule has 0 radical (unpaired) electrons. The van der Waals surface area contributed by atoms with Crippen molar-refractivity contribution in [1.29, 1.82) is 0 Å². The van der Waals surface area contributed by atoms with Crippen LogP contribution in [-0.2, 0) is 17.5 Å². The fourth-order valence-corrected chi connectivity index (χ4v) is 5.74. The van der Waals surface area contributed by atoms with Gasteiger partial charge < -0.3 is 24.8 Å². The average molecular weight is 670 g/mol. The van der Waals surface area contributed by atoms with Crippen molar-refractivity contribution >= 4 is 17.5 Å². The van der Waals surface area contributed by atoms with Gasteiger partial charge in [0.2, 0.25) is 0 Å². The predicted octanol–water partition coefficient (Wildman–Crippen LogP) is 6.89. The van der Waals surface area contributed by atoms with Gasteiger partial charge in [0, 0.05) is 43.4 Å². The molecule has 3 aromatic carbocycles. The number of benzene rings is 3. The molecule has 1 aliphatic heterocycles. The standard InChI is InChI=1S/C37H46F3N3O5/c1-25-21-43(26(2)24-44)36(46)32-20-31(41-35(45)29-11-6-5-7-12-29)17-18-33(32)48-27(3)10-8-9-19-47-34(25)23-42(4)22-28-13-15-30(16-14-28)37(38,39)40/h5-7,11-18,20,25-27,34,44H,8-10,19,21-24H2,1-4H3,(H,41,45)/t25-,26-,27-,34+/m0/s1. The Balaban J connectivity index is 1.58. The number of amides is 2. The number of fused-ring (bicyclic) bond motifs is 1. The summed E-state index contributed by atoms with van der Waals surface area (Å²) < 4.78 is 51.8. The smallest absolute Gasteiger partial charge is 0.416 e. The number of hydrogen-bond acceptors (Lipinski definition) is 6. The van der Waals surface area contributed by atoms with Crippen LogP contribution in [0.2, 0.25) is 0 Å². The molecular weight excluding hydrogens is 623 g/mol. The summed E-state index contributed by atoms with van der Waals surface area (Å²) in [6.07, 6.45) is -2.53. The maximum Gasteiger partial charge on any atom is 0.416 e. The molecule has 0 saturated carbocycles. The van der Waals surface area contributed by atoms with E-state index in [2.05, 4.69) is 5.32 Å². The lowest BCUT2D eigenvalue weighted by molar-refractivity contribution is -0.137. The van der Waals surface area contributed by atoms with Gasteiger partial charge in [-0.25, -0.2) is 0 Å². The largest absolute Gasteiger partial charge is 0.490 e. The molecule has 2 N–H and O–H groups in total. The van der Waals surface area contributed by atoms with Crippen LogP contribution in [-0.4, -0.2) is 78.3 Å². The number of anilines is 1. The number of halogens is 3. The van der Waals surface area contributed by atoms with Crippen LogP contribution in [0.15, 0.2) is 72.8 Å². The molecule has 1 aliphatic rings. The number of ether oxygens (including phenoxy) is 2. The maximum absolute atomic E-state index is 14.3. The van der Waals surface area contributed by atoms with E-state index in [1.165, 1.54) is 12.1 Å². The van der Waals surface area contributed by atoms with E-state index < -0.39 is 17.8 Å². The van der Waals surface area contributed by atoms with Crippen molar-refractivity contribution in [2.75, 3.05) is 38.7 Å². The minimum absolute atomic E-state index is 0.176. The lowest BCUT2D eigenvalue weighted by Crippen LogP contribution is -2.47. The van der Waals surface area contributed by atoms with Crippen LogP contribution in [0.1, 0.15) is 71.9 Å². The monoisotopic (exact) mass is 669 g/mol. The highest BCUT2D eigenvalue weighted by molar-refractivity contribution is 6.05. The van der Waals surface area contributed by atoms with Gasteiger partial charge in [0.05, 0.1) is 36.0 Å². The van der Waals surface area contributed by atoms with Gasteiger partial charge in [-0.15, -0.1) is 0 Å². The third kappa shape index (κ3) is 10.3. The van der Waals surface area contributed by atoms with E-state index in [0.717, 1.165) is 37.0 Å². The Morgan fingerprint density at radius 3 is 2.44 bits per heavy atom. The zero-order valence-corrected chi connectivity index (χ0v) is 28.0. The molecule has 0 saturated heterocycles. The Hall–Kier alpha value is -3.93. The molecule has 0 fully saturated rings. The van der Waals surface area contributed by atoms with Gasteiger partial charge in [0.15, 0.2) is 0 Å². The van der Waals surface area contributed by atoms with Crippen molar-refractivity contribution < 1.29 is 37.3 Å². The lowest BCUT2D eigenvalue weighted by Gasteiger charge is -2.36. The molecule has 48 heavy (non-hydrogen) atoms. The van der Waals surface area contributed by atoms with Crippen molar-refractivity contribution in [3.8, 4) is 5.75 Å². The quantitative estimate of drug-likeness (QED) is 0.272. The van der Waals surface area contributed by atoms with Crippen molar-refractivity contribution in [2.45, 2.75) is 71.0 Å². The van der Waals surface area contributed by atoms with Crippen LogP contribution in [0, 0.1) is 5.92 Å². The first-order chi connectivity index (χ1) is 22.8. The highest BCUT2D eigenvalue weighted by Crippen LogP contribution is 2.30. The molecular formula is C37H46F3N3O5. The molecule has 0 aliphatic carbocycles. The Kier molecular flexibility index (Phi) is 13.0. The van der Waals surface area contributed by atoms with Crippen molar-refractivity contribution in [3.63, 3.8) is 0 Å². The van der Waals surface area contributed by atoms with E-state index in [9.17, 15) is 27.9 Å².